The molecule has 0 radical (unpaired) electrons. The number of carbonyl (C=O) groups excluding carboxylic acids is 4. The van der Waals surface area contributed by atoms with Gasteiger partial charge in [0.2, 0.25) is 11.8 Å². The average Bonchev–Trinajstić information content (AvgIpc) is 3.08. The number of hydrogen-bond acceptors (Lipinski definition) is 7. The lowest BCUT2D eigenvalue weighted by Gasteiger charge is -2.29. The van der Waals surface area contributed by atoms with Crippen molar-refractivity contribution in [2.45, 2.75) is 104 Å². The lowest BCUT2D eigenvalue weighted by molar-refractivity contribution is -0.148. The number of ether oxygens (including phenoxy) is 2. The first-order valence-corrected chi connectivity index (χ1v) is 17.7. The highest BCUT2D eigenvalue weighted by Crippen LogP contribution is 2.21. The Labute approximate surface area is 296 Å². The van der Waals surface area contributed by atoms with Crippen molar-refractivity contribution in [2.24, 2.45) is 17.8 Å². The summed E-state index contributed by atoms with van der Waals surface area (Å²) in [6, 6.07) is 20.0. The molecule has 5 atom stereocenters. The van der Waals surface area contributed by atoms with E-state index in [0.717, 1.165) is 28.3 Å². The van der Waals surface area contributed by atoms with Crippen molar-refractivity contribution in [3.8, 4) is 0 Å². The van der Waals surface area contributed by atoms with Crippen molar-refractivity contribution in [1.29, 1.82) is 0 Å². The Morgan fingerprint density at radius 1 is 0.720 bits per heavy atom. The van der Waals surface area contributed by atoms with Crippen molar-refractivity contribution in [3.05, 3.63) is 83.9 Å². The van der Waals surface area contributed by atoms with Crippen LogP contribution in [0.2, 0.25) is 0 Å². The molecule has 0 heterocycles. The number of fused-ring (bicyclic) bond motifs is 1. The van der Waals surface area contributed by atoms with E-state index in [4.69, 9.17) is 9.47 Å². The molecule has 10 heteroatoms. The number of aliphatic hydroxyl groups is 1. The van der Waals surface area contributed by atoms with Gasteiger partial charge in [-0.15, -0.1) is 0 Å². The van der Waals surface area contributed by atoms with Gasteiger partial charge in [-0.3, -0.25) is 14.4 Å². The molecular weight excluding hydrogens is 634 g/mol. The first kappa shape index (κ1) is 40.0. The largest absolute Gasteiger partial charge is 0.465 e. The maximum atomic E-state index is 14.0. The Morgan fingerprint density at radius 3 is 2.04 bits per heavy atom. The second kappa shape index (κ2) is 20.3. The van der Waals surface area contributed by atoms with Crippen molar-refractivity contribution in [2.75, 3.05) is 6.61 Å². The molecule has 3 aromatic rings. The van der Waals surface area contributed by atoms with E-state index in [1.54, 1.807) is 0 Å². The number of hydrogen-bond donors (Lipinski definition) is 4. The number of aliphatic hydroxyl groups excluding tert-OH is 1. The number of amides is 3. The number of benzene rings is 3. The molecule has 0 aliphatic heterocycles. The van der Waals surface area contributed by atoms with E-state index < -0.39 is 48.1 Å². The van der Waals surface area contributed by atoms with E-state index in [1.807, 2.05) is 114 Å². The first-order chi connectivity index (χ1) is 23.9. The fraction of sp³-hybridized carbons (Fsp3) is 0.500. The van der Waals surface area contributed by atoms with Crippen LogP contribution >= 0.6 is 0 Å². The molecule has 0 bridgehead atoms. The summed E-state index contributed by atoms with van der Waals surface area (Å²) in [4.78, 5) is 53.4. The van der Waals surface area contributed by atoms with Gasteiger partial charge in [0.15, 0.2) is 0 Å². The SMILES string of the molecule is CCC(C)COC(=O)CC(O)C(CC(C)C)NC(=O)[C@H](CC(C)C)NC(=O)[C@H](Cc1cccc2ccccc12)NC(=O)OCc1ccccc1. The van der Waals surface area contributed by atoms with Crippen LogP contribution in [0.5, 0.6) is 0 Å². The summed E-state index contributed by atoms with van der Waals surface area (Å²) < 4.78 is 10.8. The third-order valence-corrected chi connectivity index (χ3v) is 8.58. The molecule has 0 saturated heterocycles. The van der Waals surface area contributed by atoms with Gasteiger partial charge >= 0.3 is 12.1 Å². The molecule has 0 aromatic heterocycles. The van der Waals surface area contributed by atoms with E-state index in [0.29, 0.717) is 12.8 Å². The summed E-state index contributed by atoms with van der Waals surface area (Å²) in [6.45, 7) is 12.1. The van der Waals surface area contributed by atoms with Crippen LogP contribution in [0, 0.1) is 17.8 Å². The van der Waals surface area contributed by atoms with Gasteiger partial charge in [0.05, 0.1) is 25.2 Å². The van der Waals surface area contributed by atoms with Gasteiger partial charge in [-0.1, -0.05) is 121 Å². The van der Waals surface area contributed by atoms with Crippen LogP contribution in [-0.2, 0) is 36.9 Å². The molecule has 0 aliphatic rings. The van der Waals surface area contributed by atoms with E-state index >= 15 is 0 Å². The molecule has 3 rings (SSSR count). The summed E-state index contributed by atoms with van der Waals surface area (Å²) in [5, 5.41) is 21.5. The molecule has 4 N–H and O–H groups in total. The first-order valence-electron chi connectivity index (χ1n) is 17.7. The molecule has 3 unspecified atom stereocenters. The highest BCUT2D eigenvalue weighted by Gasteiger charge is 2.32. The van der Waals surface area contributed by atoms with E-state index in [9.17, 15) is 24.3 Å². The molecule has 0 spiro atoms. The Kier molecular flexibility index (Phi) is 16.2. The minimum absolute atomic E-state index is 0.0235. The number of carbonyl (C=O) groups is 4. The van der Waals surface area contributed by atoms with Gasteiger partial charge in [-0.2, -0.15) is 0 Å². The number of nitrogens with one attached hydrogen (secondary N) is 3. The van der Waals surface area contributed by atoms with Crippen molar-refractivity contribution in [3.63, 3.8) is 0 Å². The topological polar surface area (TPSA) is 143 Å². The molecule has 0 fully saturated rings. The molecule has 3 aromatic carbocycles. The third kappa shape index (κ3) is 13.5. The van der Waals surface area contributed by atoms with Crippen LogP contribution < -0.4 is 16.0 Å². The summed E-state index contributed by atoms with van der Waals surface area (Å²) in [6.07, 6.45) is -0.488. The van der Waals surface area contributed by atoms with Crippen molar-refractivity contribution < 1.29 is 33.8 Å². The number of rotatable bonds is 19. The Bertz CT molecular complexity index is 1520. The van der Waals surface area contributed by atoms with Crippen LogP contribution in [0.4, 0.5) is 4.79 Å². The maximum absolute atomic E-state index is 14.0. The molecule has 0 aliphatic carbocycles. The third-order valence-electron chi connectivity index (χ3n) is 8.58. The predicted octanol–water partition coefficient (Wildman–Crippen LogP) is 6.08. The van der Waals surface area contributed by atoms with Gasteiger partial charge in [0.1, 0.15) is 18.7 Å². The second-order valence-corrected chi connectivity index (χ2v) is 14.0. The smallest absolute Gasteiger partial charge is 0.408 e. The van der Waals surface area contributed by atoms with Crippen LogP contribution in [0.15, 0.2) is 72.8 Å². The molecule has 272 valence electrons. The predicted molar refractivity (Wildman–Crippen MR) is 195 cm³/mol. The maximum Gasteiger partial charge on any atom is 0.408 e. The van der Waals surface area contributed by atoms with Crippen LogP contribution in [0.25, 0.3) is 10.8 Å². The summed E-state index contributed by atoms with van der Waals surface area (Å²) in [5.41, 5.74) is 1.64. The normalized spacial score (nSPS) is 14.3. The summed E-state index contributed by atoms with van der Waals surface area (Å²) >= 11 is 0. The quantitative estimate of drug-likeness (QED) is 0.112. The van der Waals surface area contributed by atoms with E-state index in [1.165, 1.54) is 0 Å². The lowest BCUT2D eigenvalue weighted by Crippen LogP contribution is -2.57. The van der Waals surface area contributed by atoms with E-state index in [2.05, 4.69) is 16.0 Å². The highest BCUT2D eigenvalue weighted by molar-refractivity contribution is 5.92. The molecule has 50 heavy (non-hydrogen) atoms. The zero-order valence-corrected chi connectivity index (χ0v) is 30.3. The Balaban J connectivity index is 1.80. The van der Waals surface area contributed by atoms with Gasteiger partial charge in [0.25, 0.3) is 0 Å². The van der Waals surface area contributed by atoms with Crippen LogP contribution in [-0.4, -0.2) is 59.8 Å². The van der Waals surface area contributed by atoms with Crippen molar-refractivity contribution in [1.82, 2.24) is 16.0 Å². The fourth-order valence-corrected chi connectivity index (χ4v) is 5.61. The van der Waals surface area contributed by atoms with Crippen molar-refractivity contribution >= 4 is 34.6 Å². The Hall–Kier alpha value is -4.44. The van der Waals surface area contributed by atoms with Gasteiger partial charge in [0, 0.05) is 6.42 Å². The number of alkyl carbamates (subject to hydrolysis) is 1. The molecule has 3 amide bonds. The second-order valence-electron chi connectivity index (χ2n) is 14.0. The average molecular weight is 690 g/mol. The summed E-state index contributed by atoms with van der Waals surface area (Å²) in [5.74, 6) is -1.25. The standard InChI is InChI=1S/C40H55N3O7/c1-7-28(6)24-49-37(45)23-36(44)33(20-26(2)3)41-38(46)34(21-27(4)5)42-39(47)35(43-40(48)50-25-29-14-9-8-10-15-29)22-31-18-13-17-30-16-11-12-19-32(30)31/h8-19,26-28,33-36,44H,7,20-25H2,1-6H3,(H,41,46)(H,42,47)(H,43,48)/t28?,33?,34-,35-,36?/m0/s1. The molecule has 10 nitrogen and oxygen atoms in total. The zero-order valence-electron chi connectivity index (χ0n) is 30.3. The Morgan fingerprint density at radius 2 is 1.36 bits per heavy atom. The minimum atomic E-state index is -1.18. The van der Waals surface area contributed by atoms with E-state index in [-0.39, 0.29) is 43.8 Å². The monoisotopic (exact) mass is 689 g/mol. The summed E-state index contributed by atoms with van der Waals surface area (Å²) in [7, 11) is 0. The van der Waals surface area contributed by atoms with Gasteiger partial charge in [-0.05, 0) is 52.5 Å². The molecular formula is C40H55N3O7. The number of esters is 1. The fourth-order valence-electron chi connectivity index (χ4n) is 5.61. The lowest BCUT2D eigenvalue weighted by atomic mass is 9.95. The zero-order chi connectivity index (χ0) is 36.6. The van der Waals surface area contributed by atoms with Crippen LogP contribution in [0.1, 0.15) is 78.4 Å². The highest BCUT2D eigenvalue weighted by atomic mass is 16.5. The minimum Gasteiger partial charge on any atom is -0.465 e. The molecule has 0 saturated carbocycles. The van der Waals surface area contributed by atoms with Crippen LogP contribution in [0.3, 0.4) is 0 Å². The van der Waals surface area contributed by atoms with Gasteiger partial charge < -0.3 is 30.5 Å². The van der Waals surface area contributed by atoms with Gasteiger partial charge in [-0.25, -0.2) is 4.79 Å².